The molecule has 3 aromatic carbocycles. The van der Waals surface area contributed by atoms with Crippen LogP contribution in [0.3, 0.4) is 0 Å². The molecule has 3 aromatic rings. The standard InChI is InChI=1S/C25H24N2OS/c1-4-21-20-14-17(2)10-12-23(20)29-24-13-11-19(15-22(24)26-21)25(28)27(3)16-18-8-6-5-7-9-18/h5-15H,4,16H2,1-3H3. The van der Waals surface area contributed by atoms with Crippen LogP contribution >= 0.6 is 11.8 Å². The second-order valence-corrected chi connectivity index (χ2v) is 8.43. The van der Waals surface area contributed by atoms with E-state index in [-0.39, 0.29) is 5.91 Å². The molecule has 1 heterocycles. The van der Waals surface area contributed by atoms with Gasteiger partial charge in [-0.3, -0.25) is 9.79 Å². The Morgan fingerprint density at radius 1 is 1.00 bits per heavy atom. The number of aliphatic imine (C=N–C) groups is 1. The van der Waals surface area contributed by atoms with E-state index in [2.05, 4.69) is 32.0 Å². The van der Waals surface area contributed by atoms with E-state index in [1.807, 2.05) is 55.6 Å². The molecule has 0 aromatic heterocycles. The molecule has 3 nitrogen and oxygen atoms in total. The molecule has 0 saturated heterocycles. The number of carbonyl (C=O) groups excluding carboxylic acids is 1. The van der Waals surface area contributed by atoms with Crippen molar-refractivity contribution >= 4 is 29.1 Å². The first-order valence-corrected chi connectivity index (χ1v) is 10.7. The van der Waals surface area contributed by atoms with E-state index in [1.165, 1.54) is 16.0 Å². The lowest BCUT2D eigenvalue weighted by molar-refractivity contribution is 0.0785. The Labute approximate surface area is 176 Å². The molecule has 0 fully saturated rings. The third kappa shape index (κ3) is 4.13. The average molecular weight is 401 g/mol. The number of amides is 1. The van der Waals surface area contributed by atoms with Crippen LogP contribution in [0.4, 0.5) is 5.69 Å². The smallest absolute Gasteiger partial charge is 0.253 e. The predicted octanol–water partition coefficient (Wildman–Crippen LogP) is 6.26. The van der Waals surface area contributed by atoms with Gasteiger partial charge in [-0.2, -0.15) is 0 Å². The number of rotatable bonds is 4. The van der Waals surface area contributed by atoms with Gasteiger partial charge in [-0.25, -0.2) is 0 Å². The molecule has 0 bridgehead atoms. The summed E-state index contributed by atoms with van der Waals surface area (Å²) in [4.78, 5) is 22.0. The zero-order chi connectivity index (χ0) is 20.4. The van der Waals surface area contributed by atoms with E-state index in [0.717, 1.165) is 28.3 Å². The molecule has 29 heavy (non-hydrogen) atoms. The lowest BCUT2D eigenvalue weighted by Crippen LogP contribution is -2.26. The van der Waals surface area contributed by atoms with E-state index in [4.69, 9.17) is 4.99 Å². The number of nitrogens with zero attached hydrogens (tertiary/aromatic N) is 2. The lowest BCUT2D eigenvalue weighted by Gasteiger charge is -2.18. The van der Waals surface area contributed by atoms with Gasteiger partial charge >= 0.3 is 0 Å². The number of hydrogen-bond donors (Lipinski definition) is 0. The van der Waals surface area contributed by atoms with Gasteiger partial charge in [-0.05, 0) is 49.2 Å². The van der Waals surface area contributed by atoms with Crippen molar-refractivity contribution in [2.24, 2.45) is 4.99 Å². The summed E-state index contributed by atoms with van der Waals surface area (Å²) in [5.41, 5.74) is 6.16. The number of aryl methyl sites for hydroxylation is 1. The number of hydrogen-bond acceptors (Lipinski definition) is 3. The van der Waals surface area contributed by atoms with Crippen molar-refractivity contribution < 1.29 is 4.79 Å². The topological polar surface area (TPSA) is 32.7 Å². The molecule has 4 rings (SSSR count). The Morgan fingerprint density at radius 3 is 2.52 bits per heavy atom. The number of fused-ring (bicyclic) bond motifs is 2. The van der Waals surface area contributed by atoms with Gasteiger partial charge in [0, 0.05) is 40.2 Å². The zero-order valence-corrected chi connectivity index (χ0v) is 17.8. The highest BCUT2D eigenvalue weighted by atomic mass is 32.2. The second-order valence-electron chi connectivity index (χ2n) is 7.34. The first-order valence-electron chi connectivity index (χ1n) is 9.85. The summed E-state index contributed by atoms with van der Waals surface area (Å²) < 4.78 is 0. The zero-order valence-electron chi connectivity index (χ0n) is 17.0. The third-order valence-electron chi connectivity index (χ3n) is 5.07. The van der Waals surface area contributed by atoms with Crippen molar-refractivity contribution in [3.63, 3.8) is 0 Å². The van der Waals surface area contributed by atoms with E-state index >= 15 is 0 Å². The van der Waals surface area contributed by atoms with Crippen LogP contribution < -0.4 is 0 Å². The highest BCUT2D eigenvalue weighted by molar-refractivity contribution is 7.99. The quantitative estimate of drug-likeness (QED) is 0.517. The Kier molecular flexibility index (Phi) is 5.54. The number of carbonyl (C=O) groups is 1. The van der Waals surface area contributed by atoms with Gasteiger partial charge in [0.2, 0.25) is 0 Å². The Hall–Kier alpha value is -2.85. The maximum absolute atomic E-state index is 13.0. The molecule has 0 spiro atoms. The van der Waals surface area contributed by atoms with Crippen LogP contribution in [-0.2, 0) is 6.54 Å². The molecular weight excluding hydrogens is 376 g/mol. The molecule has 1 amide bonds. The molecule has 4 heteroatoms. The maximum atomic E-state index is 13.0. The van der Waals surface area contributed by atoms with Gasteiger partial charge in [-0.15, -0.1) is 0 Å². The van der Waals surface area contributed by atoms with Crippen LogP contribution in [0.15, 0.2) is 81.5 Å². The van der Waals surface area contributed by atoms with Crippen molar-refractivity contribution in [1.29, 1.82) is 0 Å². The SMILES string of the molecule is CCC1=Nc2cc(C(=O)N(C)Cc3ccccc3)ccc2Sc2ccc(C)cc21. The van der Waals surface area contributed by atoms with Gasteiger partial charge in [0.05, 0.1) is 5.69 Å². The minimum atomic E-state index is 0.00695. The van der Waals surface area contributed by atoms with Crippen LogP contribution in [0.1, 0.15) is 40.4 Å². The van der Waals surface area contributed by atoms with Gasteiger partial charge in [-0.1, -0.05) is 60.6 Å². The highest BCUT2D eigenvalue weighted by Gasteiger charge is 2.19. The van der Waals surface area contributed by atoms with Crippen LogP contribution in [0, 0.1) is 6.92 Å². The molecule has 0 atom stereocenters. The lowest BCUT2D eigenvalue weighted by atomic mass is 10.0. The molecule has 1 aliphatic rings. The van der Waals surface area contributed by atoms with E-state index < -0.39 is 0 Å². The predicted molar refractivity (Wildman–Crippen MR) is 120 cm³/mol. The fraction of sp³-hybridized carbons (Fsp3) is 0.200. The summed E-state index contributed by atoms with van der Waals surface area (Å²) in [6.07, 6.45) is 0.850. The summed E-state index contributed by atoms with van der Waals surface area (Å²) >= 11 is 1.72. The van der Waals surface area contributed by atoms with E-state index in [9.17, 15) is 4.79 Å². The summed E-state index contributed by atoms with van der Waals surface area (Å²) in [5.74, 6) is 0.00695. The summed E-state index contributed by atoms with van der Waals surface area (Å²) in [6, 6.07) is 22.4. The first kappa shape index (κ1) is 19.5. The molecule has 0 aliphatic carbocycles. The normalized spacial score (nSPS) is 12.4. The molecular formula is C25H24N2OS. The van der Waals surface area contributed by atoms with Crippen molar-refractivity contribution in [2.75, 3.05) is 7.05 Å². The van der Waals surface area contributed by atoms with Crippen molar-refractivity contribution in [3.8, 4) is 0 Å². The average Bonchev–Trinajstić information content (AvgIpc) is 2.89. The number of benzene rings is 3. The largest absolute Gasteiger partial charge is 0.337 e. The van der Waals surface area contributed by atoms with Gasteiger partial charge in [0.15, 0.2) is 0 Å². The summed E-state index contributed by atoms with van der Waals surface area (Å²) in [7, 11) is 1.84. The van der Waals surface area contributed by atoms with Crippen molar-refractivity contribution in [1.82, 2.24) is 4.90 Å². The molecule has 0 unspecified atom stereocenters. The fourth-order valence-corrected chi connectivity index (χ4v) is 4.53. The van der Waals surface area contributed by atoms with Gasteiger partial charge in [0.1, 0.15) is 0 Å². The van der Waals surface area contributed by atoms with Crippen LogP contribution in [0.5, 0.6) is 0 Å². The molecule has 146 valence electrons. The van der Waals surface area contributed by atoms with E-state index in [0.29, 0.717) is 12.1 Å². The van der Waals surface area contributed by atoms with Crippen LogP contribution in [-0.4, -0.2) is 23.6 Å². The second kappa shape index (κ2) is 8.26. The fourth-order valence-electron chi connectivity index (χ4n) is 3.53. The minimum absolute atomic E-state index is 0.00695. The van der Waals surface area contributed by atoms with Gasteiger partial charge in [0.25, 0.3) is 5.91 Å². The molecule has 1 aliphatic heterocycles. The summed E-state index contributed by atoms with van der Waals surface area (Å²) in [6.45, 7) is 4.82. The summed E-state index contributed by atoms with van der Waals surface area (Å²) in [5, 5.41) is 0. The van der Waals surface area contributed by atoms with Crippen LogP contribution in [0.2, 0.25) is 0 Å². The monoisotopic (exact) mass is 400 g/mol. The molecule has 0 radical (unpaired) electrons. The maximum Gasteiger partial charge on any atom is 0.253 e. The van der Waals surface area contributed by atoms with Crippen molar-refractivity contribution in [3.05, 3.63) is 89.0 Å². The Morgan fingerprint density at radius 2 is 1.76 bits per heavy atom. The molecule has 0 saturated carbocycles. The van der Waals surface area contributed by atoms with E-state index in [1.54, 1.807) is 16.7 Å². The highest BCUT2D eigenvalue weighted by Crippen LogP contribution is 2.41. The van der Waals surface area contributed by atoms with Crippen LogP contribution in [0.25, 0.3) is 0 Å². The Balaban J connectivity index is 1.66. The first-order chi connectivity index (χ1) is 14.0. The van der Waals surface area contributed by atoms with Gasteiger partial charge < -0.3 is 4.90 Å². The van der Waals surface area contributed by atoms with Crippen molar-refractivity contribution in [2.45, 2.75) is 36.6 Å². The molecule has 0 N–H and O–H groups in total. The minimum Gasteiger partial charge on any atom is -0.337 e. The third-order valence-corrected chi connectivity index (χ3v) is 6.21. The Bertz CT molecular complexity index is 1090.